The molecule has 1 aromatic carbocycles. The SMILES string of the molecule is CC(N)C(O)c1cc(Br)ccc1Cl. The van der Waals surface area contributed by atoms with Gasteiger partial charge in [-0.05, 0) is 25.1 Å². The van der Waals surface area contributed by atoms with Crippen molar-refractivity contribution in [2.24, 2.45) is 5.73 Å². The highest BCUT2D eigenvalue weighted by Gasteiger charge is 2.15. The summed E-state index contributed by atoms with van der Waals surface area (Å²) in [5.74, 6) is 0. The summed E-state index contributed by atoms with van der Waals surface area (Å²) in [5.41, 5.74) is 6.22. The standard InChI is InChI=1S/C9H11BrClNO/c1-5(12)9(13)7-4-6(10)2-3-8(7)11/h2-5,9,13H,12H2,1H3. The highest BCUT2D eigenvalue weighted by Crippen LogP contribution is 2.27. The van der Waals surface area contributed by atoms with Gasteiger partial charge in [-0.15, -0.1) is 0 Å². The first-order valence-corrected chi connectivity index (χ1v) is 5.08. The second-order valence-electron chi connectivity index (χ2n) is 2.97. The van der Waals surface area contributed by atoms with E-state index in [0.29, 0.717) is 10.6 Å². The van der Waals surface area contributed by atoms with Crippen LogP contribution in [0.3, 0.4) is 0 Å². The molecule has 2 atom stereocenters. The summed E-state index contributed by atoms with van der Waals surface area (Å²) in [7, 11) is 0. The van der Waals surface area contributed by atoms with Crippen molar-refractivity contribution in [3.8, 4) is 0 Å². The lowest BCUT2D eigenvalue weighted by molar-refractivity contribution is 0.153. The Labute approximate surface area is 90.8 Å². The smallest absolute Gasteiger partial charge is 0.0952 e. The molecule has 3 N–H and O–H groups in total. The number of rotatable bonds is 2. The molecule has 0 amide bonds. The average molecular weight is 265 g/mol. The minimum absolute atomic E-state index is 0.327. The fraction of sp³-hybridized carbons (Fsp3) is 0.333. The Kier molecular flexibility index (Phi) is 3.74. The van der Waals surface area contributed by atoms with Crippen molar-refractivity contribution < 1.29 is 5.11 Å². The van der Waals surface area contributed by atoms with Crippen LogP contribution in [0.2, 0.25) is 5.02 Å². The molecule has 0 fully saturated rings. The van der Waals surface area contributed by atoms with Gasteiger partial charge in [-0.1, -0.05) is 27.5 Å². The molecule has 0 heterocycles. The van der Waals surface area contributed by atoms with Crippen LogP contribution in [0.4, 0.5) is 0 Å². The zero-order valence-corrected chi connectivity index (χ0v) is 9.51. The summed E-state index contributed by atoms with van der Waals surface area (Å²) in [6, 6.07) is 5.00. The maximum Gasteiger partial charge on any atom is 0.0952 e. The minimum Gasteiger partial charge on any atom is -0.387 e. The first-order chi connectivity index (χ1) is 6.02. The number of benzene rings is 1. The van der Waals surface area contributed by atoms with Gasteiger partial charge >= 0.3 is 0 Å². The predicted octanol–water partition coefficient (Wildman–Crippen LogP) is 2.48. The van der Waals surface area contributed by atoms with E-state index in [0.717, 1.165) is 4.47 Å². The monoisotopic (exact) mass is 263 g/mol. The second kappa shape index (κ2) is 4.42. The Balaban J connectivity index is 3.05. The number of aliphatic hydroxyl groups is 1. The predicted molar refractivity (Wildman–Crippen MR) is 57.8 cm³/mol. The Morgan fingerprint density at radius 2 is 2.15 bits per heavy atom. The molecule has 1 rings (SSSR count). The molecule has 2 unspecified atom stereocenters. The summed E-state index contributed by atoms with van der Waals surface area (Å²) < 4.78 is 0.881. The molecule has 0 aliphatic rings. The maximum absolute atomic E-state index is 9.67. The van der Waals surface area contributed by atoms with E-state index in [2.05, 4.69) is 15.9 Å². The van der Waals surface area contributed by atoms with Crippen LogP contribution in [0.15, 0.2) is 22.7 Å². The first-order valence-electron chi connectivity index (χ1n) is 3.91. The summed E-state index contributed by atoms with van der Waals surface area (Å²) in [5, 5.41) is 10.2. The second-order valence-corrected chi connectivity index (χ2v) is 4.29. The van der Waals surface area contributed by atoms with E-state index >= 15 is 0 Å². The van der Waals surface area contributed by atoms with E-state index < -0.39 is 6.10 Å². The average Bonchev–Trinajstić information content (AvgIpc) is 2.08. The van der Waals surface area contributed by atoms with Crippen LogP contribution in [0.25, 0.3) is 0 Å². The molecule has 0 aliphatic heterocycles. The molecule has 72 valence electrons. The van der Waals surface area contributed by atoms with Gasteiger partial charge in [0.25, 0.3) is 0 Å². The lowest BCUT2D eigenvalue weighted by atomic mass is 10.0. The van der Waals surface area contributed by atoms with Crippen LogP contribution < -0.4 is 5.73 Å². The van der Waals surface area contributed by atoms with E-state index in [1.807, 2.05) is 6.07 Å². The number of halogens is 2. The normalized spacial score (nSPS) is 15.5. The number of nitrogens with two attached hydrogens (primary N) is 1. The van der Waals surface area contributed by atoms with Gasteiger partial charge in [-0.2, -0.15) is 0 Å². The lowest BCUT2D eigenvalue weighted by Gasteiger charge is -2.16. The van der Waals surface area contributed by atoms with Crippen LogP contribution >= 0.6 is 27.5 Å². The molecule has 0 bridgehead atoms. The van der Waals surface area contributed by atoms with Gasteiger partial charge < -0.3 is 10.8 Å². The quantitative estimate of drug-likeness (QED) is 0.862. The van der Waals surface area contributed by atoms with Crippen molar-refractivity contribution in [3.05, 3.63) is 33.3 Å². The topological polar surface area (TPSA) is 46.2 Å². The first kappa shape index (κ1) is 11.0. The van der Waals surface area contributed by atoms with Gasteiger partial charge in [-0.25, -0.2) is 0 Å². The van der Waals surface area contributed by atoms with E-state index in [-0.39, 0.29) is 6.04 Å². The third-order valence-electron chi connectivity index (χ3n) is 1.77. The molecule has 0 saturated carbocycles. The van der Waals surface area contributed by atoms with Crippen molar-refractivity contribution in [3.63, 3.8) is 0 Å². The van der Waals surface area contributed by atoms with Crippen molar-refractivity contribution >= 4 is 27.5 Å². The zero-order chi connectivity index (χ0) is 10.0. The van der Waals surface area contributed by atoms with Crippen molar-refractivity contribution in [2.75, 3.05) is 0 Å². The van der Waals surface area contributed by atoms with Crippen molar-refractivity contribution in [2.45, 2.75) is 19.1 Å². The molecular weight excluding hydrogens is 253 g/mol. The summed E-state index contributed by atoms with van der Waals surface area (Å²) in [4.78, 5) is 0. The maximum atomic E-state index is 9.67. The Morgan fingerprint density at radius 1 is 1.54 bits per heavy atom. The number of hydrogen-bond acceptors (Lipinski definition) is 2. The van der Waals surface area contributed by atoms with E-state index in [1.54, 1.807) is 19.1 Å². The Hall–Kier alpha value is -0.0900. The molecule has 0 spiro atoms. The number of aliphatic hydroxyl groups excluding tert-OH is 1. The third-order valence-corrected chi connectivity index (χ3v) is 2.61. The van der Waals surface area contributed by atoms with Gasteiger partial charge in [-0.3, -0.25) is 0 Å². The molecule has 0 saturated heterocycles. The van der Waals surface area contributed by atoms with Crippen molar-refractivity contribution in [1.29, 1.82) is 0 Å². The summed E-state index contributed by atoms with van der Waals surface area (Å²) in [6.45, 7) is 1.74. The van der Waals surface area contributed by atoms with Crippen LogP contribution in [-0.4, -0.2) is 11.1 Å². The van der Waals surface area contributed by atoms with Crippen LogP contribution in [0, 0.1) is 0 Å². The van der Waals surface area contributed by atoms with E-state index in [1.165, 1.54) is 0 Å². The largest absolute Gasteiger partial charge is 0.387 e. The van der Waals surface area contributed by atoms with Gasteiger partial charge in [0.1, 0.15) is 0 Å². The van der Waals surface area contributed by atoms with Gasteiger partial charge in [0.2, 0.25) is 0 Å². The highest BCUT2D eigenvalue weighted by atomic mass is 79.9. The highest BCUT2D eigenvalue weighted by molar-refractivity contribution is 9.10. The van der Waals surface area contributed by atoms with Gasteiger partial charge in [0.15, 0.2) is 0 Å². The molecule has 0 radical (unpaired) electrons. The molecule has 0 aromatic heterocycles. The van der Waals surface area contributed by atoms with Crippen molar-refractivity contribution in [1.82, 2.24) is 0 Å². The fourth-order valence-corrected chi connectivity index (χ4v) is 1.63. The molecule has 1 aromatic rings. The Bertz CT molecular complexity index is 304. The molecule has 13 heavy (non-hydrogen) atoms. The van der Waals surface area contributed by atoms with Crippen LogP contribution in [0.1, 0.15) is 18.6 Å². The van der Waals surface area contributed by atoms with E-state index in [9.17, 15) is 5.11 Å². The molecule has 2 nitrogen and oxygen atoms in total. The lowest BCUT2D eigenvalue weighted by Crippen LogP contribution is -2.24. The zero-order valence-electron chi connectivity index (χ0n) is 7.17. The minimum atomic E-state index is -0.718. The van der Waals surface area contributed by atoms with E-state index in [4.69, 9.17) is 17.3 Å². The fourth-order valence-electron chi connectivity index (χ4n) is 1.02. The van der Waals surface area contributed by atoms with Gasteiger partial charge in [0.05, 0.1) is 6.10 Å². The van der Waals surface area contributed by atoms with Crippen LogP contribution in [0.5, 0.6) is 0 Å². The van der Waals surface area contributed by atoms with Gasteiger partial charge in [0, 0.05) is 21.1 Å². The third kappa shape index (κ3) is 2.68. The molecule has 0 aliphatic carbocycles. The molecular formula is C9H11BrClNO. The Morgan fingerprint density at radius 3 is 2.69 bits per heavy atom. The summed E-state index contributed by atoms with van der Waals surface area (Å²) >= 11 is 9.20. The molecule has 4 heteroatoms. The number of hydrogen-bond donors (Lipinski definition) is 2. The summed E-state index contributed by atoms with van der Waals surface area (Å²) in [6.07, 6.45) is -0.718. The van der Waals surface area contributed by atoms with Crippen LogP contribution in [-0.2, 0) is 0 Å².